The Hall–Kier alpha value is -3.13. The van der Waals surface area contributed by atoms with Gasteiger partial charge in [0, 0.05) is 23.3 Å². The van der Waals surface area contributed by atoms with Crippen molar-refractivity contribution < 1.29 is 9.52 Å². The third-order valence-corrected chi connectivity index (χ3v) is 4.58. The zero-order valence-corrected chi connectivity index (χ0v) is 13.7. The van der Waals surface area contributed by atoms with Crippen molar-refractivity contribution in [1.82, 2.24) is 20.2 Å². The molecule has 4 aromatic rings. The van der Waals surface area contributed by atoms with Crippen LogP contribution in [0.4, 0.5) is 0 Å². The molecule has 0 radical (unpaired) electrons. The summed E-state index contributed by atoms with van der Waals surface area (Å²) in [6.45, 7) is 0. The molecule has 0 saturated heterocycles. The van der Waals surface area contributed by atoms with Crippen LogP contribution in [-0.2, 0) is 5.75 Å². The number of phenols is 1. The van der Waals surface area contributed by atoms with Gasteiger partial charge in [0.15, 0.2) is 0 Å². The van der Waals surface area contributed by atoms with E-state index in [1.54, 1.807) is 16.8 Å². The second-order valence-corrected chi connectivity index (χ2v) is 6.21. The minimum absolute atomic E-state index is 0.0495. The van der Waals surface area contributed by atoms with Crippen LogP contribution in [0.2, 0.25) is 0 Å². The lowest BCUT2D eigenvalue weighted by atomic mass is 10.1. The van der Waals surface area contributed by atoms with Gasteiger partial charge in [-0.2, -0.15) is 4.68 Å². The molecule has 0 aliphatic carbocycles. The van der Waals surface area contributed by atoms with Crippen molar-refractivity contribution in [2.75, 3.05) is 0 Å². The molecule has 0 aliphatic rings. The van der Waals surface area contributed by atoms with Crippen LogP contribution in [-0.4, -0.2) is 25.3 Å². The fourth-order valence-electron chi connectivity index (χ4n) is 2.48. The Balaban J connectivity index is 1.66. The van der Waals surface area contributed by atoms with Crippen LogP contribution in [0.15, 0.2) is 69.0 Å². The lowest BCUT2D eigenvalue weighted by Gasteiger charge is -2.06. The quantitative estimate of drug-likeness (QED) is 0.446. The lowest BCUT2D eigenvalue weighted by Crippen LogP contribution is -2.01. The van der Waals surface area contributed by atoms with Crippen molar-refractivity contribution in [1.29, 1.82) is 0 Å². The van der Waals surface area contributed by atoms with Crippen LogP contribution in [0.3, 0.4) is 0 Å². The third-order valence-electron chi connectivity index (χ3n) is 3.61. The molecule has 8 heteroatoms. The van der Waals surface area contributed by atoms with E-state index in [1.807, 2.05) is 30.3 Å². The summed E-state index contributed by atoms with van der Waals surface area (Å²) in [7, 11) is 0. The van der Waals surface area contributed by atoms with Crippen molar-refractivity contribution >= 4 is 22.7 Å². The fraction of sp³-hybridized carbons (Fsp3) is 0.0588. The Kier molecular flexibility index (Phi) is 3.95. The van der Waals surface area contributed by atoms with E-state index in [1.165, 1.54) is 23.9 Å². The van der Waals surface area contributed by atoms with E-state index >= 15 is 0 Å². The molecule has 0 saturated carbocycles. The first-order valence-electron chi connectivity index (χ1n) is 7.43. The second kappa shape index (κ2) is 6.40. The zero-order valence-electron chi connectivity index (χ0n) is 12.9. The maximum Gasteiger partial charge on any atom is 0.336 e. The molecule has 7 nitrogen and oxygen atoms in total. The molecule has 2 aromatic carbocycles. The number of fused-ring (bicyclic) bond motifs is 1. The van der Waals surface area contributed by atoms with Crippen LogP contribution in [0, 0.1) is 0 Å². The summed E-state index contributed by atoms with van der Waals surface area (Å²) in [5, 5.41) is 22.7. The molecule has 0 atom stereocenters. The minimum atomic E-state index is -0.462. The number of phenolic OH excluding ortho intramolecular Hbond substituents is 1. The molecule has 2 heterocycles. The molecule has 0 spiro atoms. The zero-order chi connectivity index (χ0) is 17.2. The van der Waals surface area contributed by atoms with E-state index in [0.29, 0.717) is 16.5 Å². The highest BCUT2D eigenvalue weighted by atomic mass is 32.2. The van der Waals surface area contributed by atoms with Crippen LogP contribution in [0.5, 0.6) is 5.75 Å². The predicted octanol–water partition coefficient (Wildman–Crippen LogP) is 2.77. The van der Waals surface area contributed by atoms with E-state index in [9.17, 15) is 9.90 Å². The monoisotopic (exact) mass is 352 g/mol. The highest BCUT2D eigenvalue weighted by Gasteiger charge is 2.12. The summed E-state index contributed by atoms with van der Waals surface area (Å²) in [6, 6.07) is 15.7. The second-order valence-electron chi connectivity index (χ2n) is 5.27. The summed E-state index contributed by atoms with van der Waals surface area (Å²) >= 11 is 1.41. The van der Waals surface area contributed by atoms with Gasteiger partial charge in [0.05, 0.1) is 5.69 Å². The number of hydrogen-bond acceptors (Lipinski definition) is 7. The Morgan fingerprint density at radius 3 is 2.80 bits per heavy atom. The molecule has 2 aromatic heterocycles. The predicted molar refractivity (Wildman–Crippen MR) is 92.9 cm³/mol. The van der Waals surface area contributed by atoms with Crippen molar-refractivity contribution in [2.45, 2.75) is 10.9 Å². The molecule has 0 fully saturated rings. The highest BCUT2D eigenvalue weighted by Crippen LogP contribution is 2.27. The van der Waals surface area contributed by atoms with E-state index in [-0.39, 0.29) is 5.75 Å². The Labute approximate surface area is 145 Å². The van der Waals surface area contributed by atoms with Gasteiger partial charge in [-0.3, -0.25) is 0 Å². The maximum atomic E-state index is 11.8. The Morgan fingerprint density at radius 2 is 1.96 bits per heavy atom. The average Bonchev–Trinajstić information content (AvgIpc) is 3.08. The van der Waals surface area contributed by atoms with E-state index in [0.717, 1.165) is 16.6 Å². The van der Waals surface area contributed by atoms with E-state index < -0.39 is 5.63 Å². The highest BCUT2D eigenvalue weighted by molar-refractivity contribution is 7.98. The van der Waals surface area contributed by atoms with Gasteiger partial charge in [0.25, 0.3) is 0 Å². The summed E-state index contributed by atoms with van der Waals surface area (Å²) < 4.78 is 6.79. The molecule has 4 rings (SSSR count). The number of thioether (sulfide) groups is 1. The molecule has 1 N–H and O–H groups in total. The van der Waals surface area contributed by atoms with Gasteiger partial charge in [-0.1, -0.05) is 30.0 Å². The lowest BCUT2D eigenvalue weighted by molar-refractivity contribution is 0.473. The number of para-hydroxylation sites is 1. The summed E-state index contributed by atoms with van der Waals surface area (Å²) in [5.74, 6) is 0.536. The van der Waals surface area contributed by atoms with Gasteiger partial charge >= 0.3 is 5.63 Å². The summed E-state index contributed by atoms with van der Waals surface area (Å²) in [4.78, 5) is 11.8. The van der Waals surface area contributed by atoms with Crippen molar-refractivity contribution in [3.05, 3.63) is 70.6 Å². The first kappa shape index (κ1) is 15.4. The number of hydrogen-bond donors (Lipinski definition) is 1. The van der Waals surface area contributed by atoms with Crippen LogP contribution in [0.1, 0.15) is 5.56 Å². The number of rotatable bonds is 4. The van der Waals surface area contributed by atoms with E-state index in [4.69, 9.17) is 4.42 Å². The minimum Gasteiger partial charge on any atom is -0.508 e. The van der Waals surface area contributed by atoms with Crippen LogP contribution >= 0.6 is 11.8 Å². The standard InChI is InChI=1S/C17H12N4O3S/c22-13-6-7-14-11(8-16(23)24-15(14)9-13)10-25-17-18-19-20-21(17)12-4-2-1-3-5-12/h1-9,22H,10H2. The smallest absolute Gasteiger partial charge is 0.336 e. The van der Waals surface area contributed by atoms with Gasteiger partial charge in [0.1, 0.15) is 11.3 Å². The summed E-state index contributed by atoms with van der Waals surface area (Å²) in [5.41, 5.74) is 1.54. The average molecular weight is 352 g/mol. The Bertz CT molecular complexity index is 1090. The van der Waals surface area contributed by atoms with Gasteiger partial charge in [0.2, 0.25) is 5.16 Å². The topological polar surface area (TPSA) is 94.0 Å². The first-order valence-corrected chi connectivity index (χ1v) is 8.41. The number of tetrazole rings is 1. The number of aromatic nitrogens is 4. The molecule has 25 heavy (non-hydrogen) atoms. The fourth-order valence-corrected chi connectivity index (χ4v) is 3.36. The van der Waals surface area contributed by atoms with Gasteiger partial charge in [-0.25, -0.2) is 4.79 Å². The molecule has 124 valence electrons. The molecule has 0 amide bonds. The third kappa shape index (κ3) is 3.11. The van der Waals surface area contributed by atoms with E-state index in [2.05, 4.69) is 15.5 Å². The largest absolute Gasteiger partial charge is 0.508 e. The summed E-state index contributed by atoms with van der Waals surface area (Å²) in [6.07, 6.45) is 0. The molecular weight excluding hydrogens is 340 g/mol. The maximum absolute atomic E-state index is 11.8. The normalized spacial score (nSPS) is 11.0. The van der Waals surface area contributed by atoms with Crippen LogP contribution in [0.25, 0.3) is 16.7 Å². The van der Waals surface area contributed by atoms with Crippen molar-refractivity contribution in [3.63, 3.8) is 0 Å². The number of nitrogens with zero attached hydrogens (tertiary/aromatic N) is 4. The van der Waals surface area contributed by atoms with Gasteiger partial charge < -0.3 is 9.52 Å². The van der Waals surface area contributed by atoms with Crippen molar-refractivity contribution in [3.8, 4) is 11.4 Å². The van der Waals surface area contributed by atoms with Crippen LogP contribution < -0.4 is 5.63 Å². The molecule has 0 unspecified atom stereocenters. The molecule has 0 bridgehead atoms. The first-order chi connectivity index (χ1) is 12.2. The van der Waals surface area contributed by atoms with Crippen molar-refractivity contribution in [2.24, 2.45) is 0 Å². The van der Waals surface area contributed by atoms with Gasteiger partial charge in [-0.15, -0.1) is 5.10 Å². The molecular formula is C17H12N4O3S. The SMILES string of the molecule is O=c1cc(CSc2nnnn2-c2ccccc2)c2ccc(O)cc2o1. The van der Waals surface area contributed by atoms with Gasteiger partial charge in [-0.05, 0) is 40.3 Å². The Morgan fingerprint density at radius 1 is 1.12 bits per heavy atom. The number of aromatic hydroxyl groups is 1. The number of benzene rings is 2. The molecule has 0 aliphatic heterocycles.